The summed E-state index contributed by atoms with van der Waals surface area (Å²) in [6.07, 6.45) is -1.13. The minimum Gasteiger partial charge on any atom is -0.449 e. The van der Waals surface area contributed by atoms with Gasteiger partial charge in [-0.15, -0.1) is 0 Å². The fourth-order valence-electron chi connectivity index (χ4n) is 1.70. The van der Waals surface area contributed by atoms with Gasteiger partial charge in [0.05, 0.1) is 5.56 Å². The maximum absolute atomic E-state index is 13.5. The van der Waals surface area contributed by atoms with Crippen LogP contribution in [0, 0.1) is 11.6 Å². The van der Waals surface area contributed by atoms with E-state index in [-0.39, 0.29) is 0 Å². The third-order valence-corrected chi connectivity index (χ3v) is 2.85. The minimum atomic E-state index is -1.13. The Kier molecular flexibility index (Phi) is 4.83. The second kappa shape index (κ2) is 6.80. The number of ether oxygens (including phenoxy) is 1. The average Bonchev–Trinajstić information content (AvgIpc) is 2.47. The first-order chi connectivity index (χ1) is 10.5. The number of rotatable bonds is 4. The van der Waals surface area contributed by atoms with Gasteiger partial charge >= 0.3 is 5.97 Å². The first kappa shape index (κ1) is 15.6. The third kappa shape index (κ3) is 3.88. The Labute approximate surface area is 125 Å². The van der Waals surface area contributed by atoms with Gasteiger partial charge in [0.1, 0.15) is 11.6 Å². The van der Waals surface area contributed by atoms with Crippen LogP contribution in [0.4, 0.5) is 14.5 Å². The van der Waals surface area contributed by atoms with Crippen LogP contribution in [-0.2, 0) is 9.53 Å². The molecule has 22 heavy (non-hydrogen) atoms. The van der Waals surface area contributed by atoms with E-state index in [4.69, 9.17) is 4.74 Å². The lowest BCUT2D eigenvalue weighted by Crippen LogP contribution is -2.30. The molecule has 6 heteroatoms. The smallest absolute Gasteiger partial charge is 0.341 e. The number of esters is 1. The molecule has 0 spiro atoms. The summed E-state index contributed by atoms with van der Waals surface area (Å²) in [5.41, 5.74) is 0.115. The third-order valence-electron chi connectivity index (χ3n) is 2.85. The molecule has 0 radical (unpaired) electrons. The van der Waals surface area contributed by atoms with E-state index in [0.29, 0.717) is 11.8 Å². The molecule has 0 bridgehead atoms. The summed E-state index contributed by atoms with van der Waals surface area (Å²) >= 11 is 0. The van der Waals surface area contributed by atoms with Crippen molar-refractivity contribution in [3.63, 3.8) is 0 Å². The Morgan fingerprint density at radius 1 is 1.09 bits per heavy atom. The van der Waals surface area contributed by atoms with E-state index < -0.39 is 35.2 Å². The monoisotopic (exact) mass is 305 g/mol. The molecule has 4 nitrogen and oxygen atoms in total. The van der Waals surface area contributed by atoms with Crippen LogP contribution in [0.25, 0.3) is 0 Å². The molecule has 0 unspecified atom stereocenters. The van der Waals surface area contributed by atoms with Crippen molar-refractivity contribution in [2.24, 2.45) is 0 Å². The second-order valence-corrected chi connectivity index (χ2v) is 4.53. The van der Waals surface area contributed by atoms with E-state index in [9.17, 15) is 18.4 Å². The molecule has 0 saturated heterocycles. The highest BCUT2D eigenvalue weighted by Gasteiger charge is 2.21. The first-order valence-corrected chi connectivity index (χ1v) is 6.49. The zero-order valence-corrected chi connectivity index (χ0v) is 11.7. The van der Waals surface area contributed by atoms with E-state index >= 15 is 0 Å². The number of benzene rings is 2. The summed E-state index contributed by atoms with van der Waals surface area (Å²) in [5, 5.41) is 2.55. The van der Waals surface area contributed by atoms with Gasteiger partial charge in [-0.05, 0) is 31.2 Å². The van der Waals surface area contributed by atoms with Crippen LogP contribution in [0.5, 0.6) is 0 Å². The minimum absolute atomic E-state index is 0.430. The molecule has 0 aliphatic carbocycles. The van der Waals surface area contributed by atoms with Crippen molar-refractivity contribution in [3.8, 4) is 0 Å². The summed E-state index contributed by atoms with van der Waals surface area (Å²) in [6.45, 7) is 1.36. The topological polar surface area (TPSA) is 55.4 Å². The van der Waals surface area contributed by atoms with Crippen LogP contribution in [0.1, 0.15) is 17.3 Å². The molecule has 0 aliphatic heterocycles. The van der Waals surface area contributed by atoms with Crippen molar-refractivity contribution in [2.75, 3.05) is 5.32 Å². The van der Waals surface area contributed by atoms with Gasteiger partial charge in [0.25, 0.3) is 5.91 Å². The number of carbonyl (C=O) groups is 2. The summed E-state index contributed by atoms with van der Waals surface area (Å²) in [4.78, 5) is 23.7. The molecule has 2 rings (SSSR count). The number of anilines is 1. The van der Waals surface area contributed by atoms with Gasteiger partial charge < -0.3 is 10.1 Å². The van der Waals surface area contributed by atoms with E-state index in [1.54, 1.807) is 30.3 Å². The fraction of sp³-hybridized carbons (Fsp3) is 0.125. The van der Waals surface area contributed by atoms with Gasteiger partial charge in [0, 0.05) is 11.8 Å². The molecule has 1 amide bonds. The van der Waals surface area contributed by atoms with Crippen LogP contribution >= 0.6 is 0 Å². The predicted molar refractivity (Wildman–Crippen MR) is 76.3 cm³/mol. The van der Waals surface area contributed by atoms with Gasteiger partial charge in [-0.2, -0.15) is 0 Å². The lowest BCUT2D eigenvalue weighted by atomic mass is 10.2. The van der Waals surface area contributed by atoms with Crippen LogP contribution in [-0.4, -0.2) is 18.0 Å². The Hall–Kier alpha value is -2.76. The number of amides is 1. The number of nitrogens with one attached hydrogen (secondary N) is 1. The maximum atomic E-state index is 13.5. The molecule has 1 atom stereocenters. The van der Waals surface area contributed by atoms with E-state index in [1.165, 1.54) is 6.92 Å². The number of hydrogen-bond acceptors (Lipinski definition) is 3. The fourth-order valence-corrected chi connectivity index (χ4v) is 1.70. The van der Waals surface area contributed by atoms with Crippen molar-refractivity contribution < 1.29 is 23.1 Å². The number of para-hydroxylation sites is 1. The highest BCUT2D eigenvalue weighted by molar-refractivity contribution is 5.97. The predicted octanol–water partition coefficient (Wildman–Crippen LogP) is 3.15. The lowest BCUT2D eigenvalue weighted by molar-refractivity contribution is -0.123. The van der Waals surface area contributed by atoms with Gasteiger partial charge in [0.2, 0.25) is 0 Å². The van der Waals surface area contributed by atoms with Crippen LogP contribution in [0.15, 0.2) is 48.5 Å². The molecule has 0 aliphatic rings. The normalized spacial score (nSPS) is 11.6. The molecule has 0 aromatic heterocycles. The van der Waals surface area contributed by atoms with E-state index in [1.807, 2.05) is 0 Å². The molecule has 114 valence electrons. The molecule has 1 N–H and O–H groups in total. The van der Waals surface area contributed by atoms with Gasteiger partial charge in [-0.1, -0.05) is 18.2 Å². The standard InChI is InChI=1S/C16H13F2NO3/c1-10(15(20)19-12-5-3-2-4-6-12)22-16(21)13-8-7-11(17)9-14(13)18/h2-10H,1H3,(H,19,20)/t10-/m0/s1. The van der Waals surface area contributed by atoms with E-state index in [2.05, 4.69) is 5.32 Å². The highest BCUT2D eigenvalue weighted by atomic mass is 19.1. The SMILES string of the molecule is C[C@H](OC(=O)c1ccc(F)cc1F)C(=O)Nc1ccccc1. The summed E-state index contributed by atoms with van der Waals surface area (Å²) in [5.74, 6) is -3.43. The van der Waals surface area contributed by atoms with E-state index in [0.717, 1.165) is 12.1 Å². The zero-order chi connectivity index (χ0) is 16.1. The van der Waals surface area contributed by atoms with Crippen molar-refractivity contribution in [3.05, 3.63) is 65.7 Å². The lowest BCUT2D eigenvalue weighted by Gasteiger charge is -2.13. The quantitative estimate of drug-likeness (QED) is 0.883. The van der Waals surface area contributed by atoms with Crippen molar-refractivity contribution in [2.45, 2.75) is 13.0 Å². The van der Waals surface area contributed by atoms with Crippen LogP contribution in [0.2, 0.25) is 0 Å². The van der Waals surface area contributed by atoms with Crippen LogP contribution in [0.3, 0.4) is 0 Å². The Bertz CT molecular complexity index is 689. The average molecular weight is 305 g/mol. The van der Waals surface area contributed by atoms with Gasteiger partial charge in [-0.25, -0.2) is 13.6 Å². The highest BCUT2D eigenvalue weighted by Crippen LogP contribution is 2.13. The molecule has 2 aromatic rings. The summed E-state index contributed by atoms with van der Waals surface area (Å²) < 4.78 is 31.1. The zero-order valence-electron chi connectivity index (χ0n) is 11.7. The van der Waals surface area contributed by atoms with Crippen molar-refractivity contribution in [1.82, 2.24) is 0 Å². The Morgan fingerprint density at radius 2 is 1.77 bits per heavy atom. The van der Waals surface area contributed by atoms with Crippen molar-refractivity contribution >= 4 is 17.6 Å². The Morgan fingerprint density at radius 3 is 2.41 bits per heavy atom. The summed E-state index contributed by atoms with van der Waals surface area (Å²) in [7, 11) is 0. The Balaban J connectivity index is 2.00. The number of carbonyl (C=O) groups excluding carboxylic acids is 2. The number of hydrogen-bond donors (Lipinski definition) is 1. The summed E-state index contributed by atoms with van der Waals surface area (Å²) in [6, 6.07) is 11.1. The first-order valence-electron chi connectivity index (χ1n) is 6.49. The second-order valence-electron chi connectivity index (χ2n) is 4.53. The molecular formula is C16H13F2NO3. The number of halogens is 2. The molecule has 0 fully saturated rings. The molecular weight excluding hydrogens is 292 g/mol. The molecule has 0 saturated carbocycles. The van der Waals surface area contributed by atoms with Crippen molar-refractivity contribution in [1.29, 1.82) is 0 Å². The van der Waals surface area contributed by atoms with Gasteiger partial charge in [-0.3, -0.25) is 4.79 Å². The maximum Gasteiger partial charge on any atom is 0.341 e. The molecule has 2 aromatic carbocycles. The molecule has 0 heterocycles. The van der Waals surface area contributed by atoms with Crippen LogP contribution < -0.4 is 5.32 Å². The largest absolute Gasteiger partial charge is 0.449 e. The van der Waals surface area contributed by atoms with Gasteiger partial charge in [0.15, 0.2) is 6.10 Å².